The van der Waals surface area contributed by atoms with Crippen molar-refractivity contribution in [1.29, 1.82) is 0 Å². The first-order valence-electron chi connectivity index (χ1n) is 7.54. The smallest absolute Gasteiger partial charge is 0.0554 e. The van der Waals surface area contributed by atoms with E-state index >= 15 is 0 Å². The van der Waals surface area contributed by atoms with Gasteiger partial charge in [0.1, 0.15) is 0 Å². The predicted octanol–water partition coefficient (Wildman–Crippen LogP) is 3.79. The van der Waals surface area contributed by atoms with Gasteiger partial charge in [0.15, 0.2) is 0 Å². The minimum absolute atomic E-state index is 0.332. The molecule has 1 N–H and O–H groups in total. The lowest BCUT2D eigenvalue weighted by molar-refractivity contribution is -0.101. The molecule has 0 saturated carbocycles. The lowest BCUT2D eigenvalue weighted by atomic mass is 9.85. The Bertz CT molecular complexity index is 368. The highest BCUT2D eigenvalue weighted by atomic mass is 16.5. The summed E-state index contributed by atoms with van der Waals surface area (Å²) in [6.45, 7) is 9.72. The molecule has 0 spiro atoms. The first-order chi connectivity index (χ1) is 9.18. The van der Waals surface area contributed by atoms with Crippen molar-refractivity contribution in [2.24, 2.45) is 11.3 Å². The molecule has 1 aromatic carbocycles. The lowest BCUT2D eigenvalue weighted by Crippen LogP contribution is -2.48. The van der Waals surface area contributed by atoms with Crippen molar-refractivity contribution >= 4 is 0 Å². The molecule has 2 nitrogen and oxygen atoms in total. The van der Waals surface area contributed by atoms with Crippen LogP contribution in [0.5, 0.6) is 0 Å². The fraction of sp³-hybridized carbons (Fsp3) is 0.647. The molecule has 1 unspecified atom stereocenters. The number of rotatable bonds is 7. The summed E-state index contributed by atoms with van der Waals surface area (Å²) in [7, 11) is 0. The molecule has 0 amide bonds. The van der Waals surface area contributed by atoms with E-state index in [0.717, 1.165) is 19.8 Å². The molecule has 1 aliphatic heterocycles. The van der Waals surface area contributed by atoms with Gasteiger partial charge in [0.05, 0.1) is 13.2 Å². The van der Waals surface area contributed by atoms with E-state index in [2.05, 4.69) is 56.4 Å². The van der Waals surface area contributed by atoms with Crippen LogP contribution in [0.1, 0.15) is 45.2 Å². The topological polar surface area (TPSA) is 21.3 Å². The van der Waals surface area contributed by atoms with Gasteiger partial charge in [-0.05, 0) is 11.5 Å². The molecule has 2 rings (SSSR count). The Morgan fingerprint density at radius 3 is 2.26 bits per heavy atom. The summed E-state index contributed by atoms with van der Waals surface area (Å²) < 4.78 is 5.35. The third-order valence-corrected chi connectivity index (χ3v) is 4.33. The molecule has 0 aliphatic carbocycles. The van der Waals surface area contributed by atoms with Crippen LogP contribution in [0.25, 0.3) is 0 Å². The van der Waals surface area contributed by atoms with Crippen molar-refractivity contribution in [3.63, 3.8) is 0 Å². The zero-order chi connectivity index (χ0) is 13.7. The largest absolute Gasteiger partial charge is 0.380 e. The summed E-state index contributed by atoms with van der Waals surface area (Å²) in [6, 6.07) is 11.3. The summed E-state index contributed by atoms with van der Waals surface area (Å²) in [5, 5.41) is 3.80. The van der Waals surface area contributed by atoms with E-state index in [1.54, 1.807) is 0 Å². The van der Waals surface area contributed by atoms with E-state index in [4.69, 9.17) is 4.74 Å². The number of nitrogens with one attached hydrogen (secondary N) is 1. The summed E-state index contributed by atoms with van der Waals surface area (Å²) in [5.74, 6) is 0.701. The second-order valence-corrected chi connectivity index (χ2v) is 6.15. The Morgan fingerprint density at radius 1 is 1.16 bits per heavy atom. The highest BCUT2D eigenvalue weighted by Gasteiger charge is 2.34. The molecule has 0 bridgehead atoms. The first-order valence-corrected chi connectivity index (χ1v) is 7.54. The van der Waals surface area contributed by atoms with E-state index in [9.17, 15) is 0 Å². The molecule has 1 saturated heterocycles. The molecule has 0 aromatic heterocycles. The third kappa shape index (κ3) is 3.58. The summed E-state index contributed by atoms with van der Waals surface area (Å²) >= 11 is 0. The number of hydrogen-bond acceptors (Lipinski definition) is 2. The third-order valence-electron chi connectivity index (χ3n) is 4.33. The zero-order valence-electron chi connectivity index (χ0n) is 12.5. The molecular formula is C17H27NO. The van der Waals surface area contributed by atoms with Crippen LogP contribution < -0.4 is 5.32 Å². The number of ether oxygens (including phenoxy) is 1. The fourth-order valence-electron chi connectivity index (χ4n) is 2.89. The van der Waals surface area contributed by atoms with Crippen LogP contribution in [-0.2, 0) is 4.74 Å². The van der Waals surface area contributed by atoms with Gasteiger partial charge >= 0.3 is 0 Å². The molecule has 0 radical (unpaired) electrons. The standard InChI is InChI=1S/C17H27NO/c1-4-14(5-2)16(15-9-7-6-8-10-15)18-11-17(3)12-19-13-17/h6-10,14,16,18H,4-5,11-13H2,1-3H3. The SMILES string of the molecule is CCC(CC)C(NCC1(C)COC1)c1ccccc1. The van der Waals surface area contributed by atoms with Crippen LogP contribution in [0.3, 0.4) is 0 Å². The Labute approximate surface area is 117 Å². The van der Waals surface area contributed by atoms with Gasteiger partial charge < -0.3 is 10.1 Å². The van der Waals surface area contributed by atoms with Gasteiger partial charge in [-0.3, -0.25) is 0 Å². The molecule has 19 heavy (non-hydrogen) atoms. The van der Waals surface area contributed by atoms with Crippen LogP contribution in [-0.4, -0.2) is 19.8 Å². The zero-order valence-corrected chi connectivity index (χ0v) is 12.5. The second kappa shape index (κ2) is 6.53. The van der Waals surface area contributed by atoms with Crippen LogP contribution >= 0.6 is 0 Å². The van der Waals surface area contributed by atoms with Crippen molar-refractivity contribution in [1.82, 2.24) is 5.32 Å². The normalized spacial score (nSPS) is 19.2. The van der Waals surface area contributed by atoms with E-state index in [1.807, 2.05) is 0 Å². The summed E-state index contributed by atoms with van der Waals surface area (Å²) in [6.07, 6.45) is 2.44. The molecule has 1 atom stereocenters. The average Bonchev–Trinajstić information content (AvgIpc) is 2.42. The Balaban J connectivity index is 2.05. The predicted molar refractivity (Wildman–Crippen MR) is 80.2 cm³/mol. The highest BCUT2D eigenvalue weighted by molar-refractivity contribution is 5.19. The van der Waals surface area contributed by atoms with Crippen LogP contribution in [0.4, 0.5) is 0 Å². The minimum Gasteiger partial charge on any atom is -0.380 e. The molecular weight excluding hydrogens is 234 g/mol. The van der Waals surface area contributed by atoms with E-state index in [-0.39, 0.29) is 0 Å². The van der Waals surface area contributed by atoms with Crippen molar-refractivity contribution in [3.05, 3.63) is 35.9 Å². The maximum atomic E-state index is 5.35. The van der Waals surface area contributed by atoms with Crippen LogP contribution in [0.2, 0.25) is 0 Å². The van der Waals surface area contributed by atoms with Gasteiger partial charge in [0, 0.05) is 18.0 Å². The van der Waals surface area contributed by atoms with E-state index in [1.165, 1.54) is 18.4 Å². The number of benzene rings is 1. The van der Waals surface area contributed by atoms with Gasteiger partial charge in [-0.25, -0.2) is 0 Å². The van der Waals surface area contributed by atoms with Gasteiger partial charge in [-0.1, -0.05) is 63.9 Å². The molecule has 1 fully saturated rings. The highest BCUT2D eigenvalue weighted by Crippen LogP contribution is 2.31. The van der Waals surface area contributed by atoms with E-state index < -0.39 is 0 Å². The number of hydrogen-bond donors (Lipinski definition) is 1. The summed E-state index contributed by atoms with van der Waals surface area (Å²) in [4.78, 5) is 0. The molecule has 1 aromatic rings. The minimum atomic E-state index is 0.332. The average molecular weight is 261 g/mol. The lowest BCUT2D eigenvalue weighted by Gasteiger charge is -2.40. The van der Waals surface area contributed by atoms with E-state index in [0.29, 0.717) is 17.4 Å². The molecule has 2 heteroatoms. The van der Waals surface area contributed by atoms with Gasteiger partial charge in [0.2, 0.25) is 0 Å². The van der Waals surface area contributed by atoms with Gasteiger partial charge in [0.25, 0.3) is 0 Å². The van der Waals surface area contributed by atoms with Crippen LogP contribution in [0.15, 0.2) is 30.3 Å². The Kier molecular flexibility index (Phi) is 5.00. The van der Waals surface area contributed by atoms with Gasteiger partial charge in [-0.2, -0.15) is 0 Å². The van der Waals surface area contributed by atoms with Crippen molar-refractivity contribution in [2.45, 2.75) is 39.7 Å². The van der Waals surface area contributed by atoms with Crippen LogP contribution in [0, 0.1) is 11.3 Å². The molecule has 1 aliphatic rings. The maximum Gasteiger partial charge on any atom is 0.0554 e. The van der Waals surface area contributed by atoms with Crippen molar-refractivity contribution in [3.8, 4) is 0 Å². The van der Waals surface area contributed by atoms with Crippen molar-refractivity contribution < 1.29 is 4.74 Å². The quantitative estimate of drug-likeness (QED) is 0.806. The Morgan fingerprint density at radius 2 is 1.79 bits per heavy atom. The Hall–Kier alpha value is -0.860. The monoisotopic (exact) mass is 261 g/mol. The fourth-order valence-corrected chi connectivity index (χ4v) is 2.89. The molecule has 106 valence electrons. The first kappa shape index (κ1) is 14.5. The van der Waals surface area contributed by atoms with Gasteiger partial charge in [-0.15, -0.1) is 0 Å². The molecule has 1 heterocycles. The van der Waals surface area contributed by atoms with Crippen molar-refractivity contribution in [2.75, 3.05) is 19.8 Å². The second-order valence-electron chi connectivity index (χ2n) is 6.15. The summed E-state index contributed by atoms with van der Waals surface area (Å²) in [5.41, 5.74) is 1.75. The maximum absolute atomic E-state index is 5.35.